The number of aromatic nitrogens is 1. The van der Waals surface area contributed by atoms with Crippen LogP contribution in [-0.4, -0.2) is 95.8 Å². The molecule has 14 nitrogen and oxygen atoms in total. The van der Waals surface area contributed by atoms with E-state index in [2.05, 4.69) is 15.0 Å². The van der Waals surface area contributed by atoms with Crippen molar-refractivity contribution in [3.05, 3.63) is 29.7 Å². The fourth-order valence-corrected chi connectivity index (χ4v) is 6.09. The van der Waals surface area contributed by atoms with Gasteiger partial charge < -0.3 is 44.6 Å². The van der Waals surface area contributed by atoms with Gasteiger partial charge in [0.05, 0.1) is 31.7 Å². The number of carbonyl (C=O) groups is 4. The van der Waals surface area contributed by atoms with Gasteiger partial charge in [-0.2, -0.15) is 8.78 Å². The number of aliphatic carboxylic acids is 1. The van der Waals surface area contributed by atoms with E-state index < -0.39 is 48.6 Å². The highest BCUT2D eigenvalue weighted by Gasteiger charge is 2.40. The summed E-state index contributed by atoms with van der Waals surface area (Å²) in [5, 5.41) is 12.0. The zero-order valence-corrected chi connectivity index (χ0v) is 26.9. The van der Waals surface area contributed by atoms with Crippen LogP contribution in [0.5, 0.6) is 11.5 Å². The molecule has 4 N–H and O–H groups in total. The largest absolute Gasteiger partial charge is 0.489 e. The molecule has 1 aromatic carbocycles. The van der Waals surface area contributed by atoms with E-state index in [1.165, 1.54) is 30.2 Å². The van der Waals surface area contributed by atoms with Crippen molar-refractivity contribution in [1.82, 2.24) is 20.1 Å². The number of carboxylic acids is 1. The molecule has 1 saturated carbocycles. The van der Waals surface area contributed by atoms with Crippen molar-refractivity contribution in [2.24, 2.45) is 17.6 Å². The van der Waals surface area contributed by atoms with Crippen LogP contribution in [0.1, 0.15) is 74.2 Å². The van der Waals surface area contributed by atoms with Crippen LogP contribution in [-0.2, 0) is 14.3 Å². The highest BCUT2D eigenvalue weighted by Crippen LogP contribution is 2.37. The maximum absolute atomic E-state index is 14.1. The summed E-state index contributed by atoms with van der Waals surface area (Å²) in [6, 6.07) is 2.57. The number of alkyl carbamates (subject to hydrolysis) is 1. The first kappa shape index (κ1) is 34.9. The number of halogens is 2. The number of alkyl halides is 2. The Hall–Kier alpha value is -4.47. The summed E-state index contributed by atoms with van der Waals surface area (Å²) in [6.45, 7) is -0.296. The van der Waals surface area contributed by atoms with Crippen LogP contribution in [0.4, 0.5) is 13.6 Å². The molecule has 0 bridgehead atoms. The molecule has 3 fully saturated rings. The molecule has 2 aromatic rings. The van der Waals surface area contributed by atoms with Crippen LogP contribution >= 0.6 is 0 Å². The standard InChI is InChI=1S/C32H41F2N5O9/c1-17(35)27-26(37-28(48-27)20-5-7-23(47-31(33)34)24(13-20)46-16-18-3-4-18)29(41)39-15-21(36-32(44)45-2)14-22(39)6-8-25(40)38-11-9-19(10-12-38)30(42)43/h5,7,13,17-19,21-22,31H,3-4,6,8-12,14-16,35H2,1-2H3,(H,36,44)(H,42,43)/t17-,21+,22+/m0/s1. The zero-order valence-electron chi connectivity index (χ0n) is 26.9. The van der Waals surface area contributed by atoms with Gasteiger partial charge in [-0.1, -0.05) is 0 Å². The average molecular weight is 678 g/mol. The highest BCUT2D eigenvalue weighted by molar-refractivity contribution is 5.94. The number of amides is 3. The second-order valence-electron chi connectivity index (χ2n) is 12.5. The van der Waals surface area contributed by atoms with Gasteiger partial charge in [0.2, 0.25) is 11.8 Å². The minimum absolute atomic E-state index is 0.0189. The van der Waals surface area contributed by atoms with Crippen LogP contribution in [0.2, 0.25) is 0 Å². The lowest BCUT2D eigenvalue weighted by Crippen LogP contribution is -2.42. The first-order valence-corrected chi connectivity index (χ1v) is 16.1. The molecule has 3 heterocycles. The van der Waals surface area contributed by atoms with Gasteiger partial charge in [0.25, 0.3) is 5.91 Å². The van der Waals surface area contributed by atoms with Crippen molar-refractivity contribution in [3.63, 3.8) is 0 Å². The van der Waals surface area contributed by atoms with Crippen LogP contribution < -0.4 is 20.5 Å². The van der Waals surface area contributed by atoms with E-state index in [-0.39, 0.29) is 54.1 Å². The fourth-order valence-electron chi connectivity index (χ4n) is 6.09. The van der Waals surface area contributed by atoms with E-state index in [0.717, 1.165) is 12.8 Å². The Kier molecular flexibility index (Phi) is 11.0. The Labute approximate surface area is 275 Å². The number of piperidine rings is 1. The third-order valence-electron chi connectivity index (χ3n) is 8.92. The van der Waals surface area contributed by atoms with Crippen molar-refractivity contribution in [2.75, 3.05) is 33.4 Å². The van der Waals surface area contributed by atoms with Crippen molar-refractivity contribution >= 4 is 23.9 Å². The first-order chi connectivity index (χ1) is 22.9. The second kappa shape index (κ2) is 15.2. The van der Waals surface area contributed by atoms with Gasteiger partial charge in [-0.15, -0.1) is 0 Å². The number of hydrogen-bond acceptors (Lipinski definition) is 10. The Balaban J connectivity index is 1.36. The third-order valence-corrected chi connectivity index (χ3v) is 8.92. The number of nitrogens with two attached hydrogens (primary N) is 1. The van der Waals surface area contributed by atoms with E-state index in [4.69, 9.17) is 19.6 Å². The summed E-state index contributed by atoms with van der Waals surface area (Å²) in [5.74, 6) is -1.60. The normalized spacial score (nSPS) is 20.5. The van der Waals surface area contributed by atoms with Gasteiger partial charge in [-0.25, -0.2) is 9.78 Å². The molecule has 0 radical (unpaired) electrons. The summed E-state index contributed by atoms with van der Waals surface area (Å²) in [6.07, 6.45) is 2.81. The summed E-state index contributed by atoms with van der Waals surface area (Å²) >= 11 is 0. The van der Waals surface area contributed by atoms with Gasteiger partial charge in [0.1, 0.15) is 0 Å². The molecule has 5 rings (SSSR count). The van der Waals surface area contributed by atoms with E-state index in [9.17, 15) is 33.1 Å². The Morgan fingerprint density at radius 1 is 1.15 bits per heavy atom. The van der Waals surface area contributed by atoms with Crippen LogP contribution in [0, 0.1) is 11.8 Å². The maximum Gasteiger partial charge on any atom is 0.407 e. The van der Waals surface area contributed by atoms with E-state index in [1.54, 1.807) is 11.8 Å². The highest BCUT2D eigenvalue weighted by atomic mass is 19.3. The van der Waals surface area contributed by atoms with Crippen LogP contribution in [0.25, 0.3) is 11.5 Å². The number of nitrogens with one attached hydrogen (secondary N) is 1. The van der Waals surface area contributed by atoms with Gasteiger partial charge in [-0.3, -0.25) is 14.4 Å². The molecule has 0 spiro atoms. The maximum atomic E-state index is 14.1. The van der Waals surface area contributed by atoms with Gasteiger partial charge in [0, 0.05) is 37.7 Å². The molecule has 3 aliphatic rings. The van der Waals surface area contributed by atoms with Gasteiger partial charge >= 0.3 is 18.7 Å². The molecular formula is C32H41F2N5O9. The predicted octanol–water partition coefficient (Wildman–Crippen LogP) is 3.79. The number of hydrogen-bond donors (Lipinski definition) is 3. The summed E-state index contributed by atoms with van der Waals surface area (Å²) < 4.78 is 47.3. The average Bonchev–Trinajstić information content (AvgIpc) is 3.64. The molecule has 3 atom stereocenters. The molecule has 3 amide bonds. The first-order valence-electron chi connectivity index (χ1n) is 16.1. The molecule has 1 aromatic heterocycles. The zero-order chi connectivity index (χ0) is 34.5. The molecule has 2 aliphatic heterocycles. The van der Waals surface area contributed by atoms with E-state index in [0.29, 0.717) is 50.4 Å². The van der Waals surface area contributed by atoms with Gasteiger partial charge in [-0.05, 0) is 69.6 Å². The van der Waals surface area contributed by atoms with Crippen molar-refractivity contribution in [2.45, 2.75) is 76.6 Å². The lowest BCUT2D eigenvalue weighted by Gasteiger charge is -2.31. The molecule has 0 unspecified atom stereocenters. The summed E-state index contributed by atoms with van der Waals surface area (Å²) in [5.41, 5.74) is 6.50. The number of nitrogens with zero attached hydrogens (tertiary/aromatic N) is 3. The van der Waals surface area contributed by atoms with E-state index in [1.807, 2.05) is 0 Å². The minimum Gasteiger partial charge on any atom is -0.489 e. The number of methoxy groups -OCH3 is 1. The number of rotatable bonds is 13. The number of likely N-dealkylation sites (tertiary alicyclic amines) is 2. The minimum atomic E-state index is -3.06. The van der Waals surface area contributed by atoms with Crippen LogP contribution in [0.3, 0.4) is 0 Å². The number of benzene rings is 1. The van der Waals surface area contributed by atoms with Crippen molar-refractivity contribution < 1.29 is 51.7 Å². The van der Waals surface area contributed by atoms with Crippen LogP contribution in [0.15, 0.2) is 22.6 Å². The SMILES string of the molecule is COC(=O)N[C@@H]1C[C@@H](CCC(=O)N2CCC(C(=O)O)CC2)N(C(=O)c2nc(-c3ccc(OC(F)F)c(OCC4CC4)c3)oc2[C@H](C)N)C1. The quantitative estimate of drug-likeness (QED) is 0.280. The molecule has 2 saturated heterocycles. The van der Waals surface area contributed by atoms with E-state index >= 15 is 0 Å². The Morgan fingerprint density at radius 2 is 1.88 bits per heavy atom. The summed E-state index contributed by atoms with van der Waals surface area (Å²) in [7, 11) is 1.23. The summed E-state index contributed by atoms with van der Waals surface area (Å²) in [4.78, 5) is 58.2. The van der Waals surface area contributed by atoms with Gasteiger partial charge in [0.15, 0.2) is 23.0 Å². The molecule has 1 aliphatic carbocycles. The van der Waals surface area contributed by atoms with Crippen molar-refractivity contribution in [1.29, 1.82) is 0 Å². The fraction of sp³-hybridized carbons (Fsp3) is 0.594. The topological polar surface area (TPSA) is 187 Å². The lowest BCUT2D eigenvalue weighted by atomic mass is 9.96. The number of carboxylic acid groups (broad SMARTS) is 1. The second-order valence-corrected chi connectivity index (χ2v) is 12.5. The lowest BCUT2D eigenvalue weighted by molar-refractivity contribution is -0.145. The Morgan fingerprint density at radius 3 is 2.50 bits per heavy atom. The smallest absolute Gasteiger partial charge is 0.407 e. The third kappa shape index (κ3) is 8.51. The number of carbonyl (C=O) groups excluding carboxylic acids is 3. The number of ether oxygens (including phenoxy) is 3. The number of oxazole rings is 1. The Bertz CT molecular complexity index is 1490. The molecule has 48 heavy (non-hydrogen) atoms. The molecule has 16 heteroatoms. The van der Waals surface area contributed by atoms with Crippen molar-refractivity contribution in [3.8, 4) is 23.0 Å². The molecular weight excluding hydrogens is 636 g/mol. The monoisotopic (exact) mass is 677 g/mol. The molecule has 262 valence electrons. The predicted molar refractivity (Wildman–Crippen MR) is 164 cm³/mol.